The van der Waals surface area contributed by atoms with Gasteiger partial charge in [0.05, 0.1) is 6.04 Å². The molecule has 1 heterocycles. The Labute approximate surface area is 110 Å². The van der Waals surface area contributed by atoms with Crippen LogP contribution < -0.4 is 5.32 Å². The number of amides is 1. The lowest BCUT2D eigenvalue weighted by atomic mass is 9.96. The standard InChI is InChI=1S/C15H26N2O/c18-15-14(16-12-8-9-12)10-11-17(15)13-6-4-2-1-3-5-7-13/h12-14,16H,1-11H2. The van der Waals surface area contributed by atoms with Crippen molar-refractivity contribution in [3.8, 4) is 0 Å². The van der Waals surface area contributed by atoms with Gasteiger partial charge < -0.3 is 10.2 Å². The minimum Gasteiger partial charge on any atom is -0.338 e. The fraction of sp³-hybridized carbons (Fsp3) is 0.933. The summed E-state index contributed by atoms with van der Waals surface area (Å²) >= 11 is 0. The summed E-state index contributed by atoms with van der Waals surface area (Å²) in [5.41, 5.74) is 0. The van der Waals surface area contributed by atoms with Crippen molar-refractivity contribution in [2.45, 2.75) is 82.3 Å². The predicted octanol–water partition coefficient (Wildman–Crippen LogP) is 2.45. The highest BCUT2D eigenvalue weighted by Gasteiger charge is 2.38. The zero-order valence-electron chi connectivity index (χ0n) is 11.4. The molecule has 1 amide bonds. The number of hydrogen-bond donors (Lipinski definition) is 1. The summed E-state index contributed by atoms with van der Waals surface area (Å²) < 4.78 is 0. The van der Waals surface area contributed by atoms with Gasteiger partial charge in [0.15, 0.2) is 0 Å². The molecule has 0 aromatic heterocycles. The number of carbonyl (C=O) groups is 1. The van der Waals surface area contributed by atoms with Gasteiger partial charge in [0.1, 0.15) is 0 Å². The Bertz CT molecular complexity index is 293. The van der Waals surface area contributed by atoms with Crippen molar-refractivity contribution in [2.24, 2.45) is 0 Å². The molecule has 1 N–H and O–H groups in total. The van der Waals surface area contributed by atoms with Gasteiger partial charge in [-0.3, -0.25) is 4.79 Å². The molecule has 0 radical (unpaired) electrons. The van der Waals surface area contributed by atoms with Crippen LogP contribution in [0.3, 0.4) is 0 Å². The van der Waals surface area contributed by atoms with Crippen LogP contribution in [0, 0.1) is 0 Å². The molecule has 3 fully saturated rings. The van der Waals surface area contributed by atoms with E-state index in [-0.39, 0.29) is 6.04 Å². The molecule has 3 aliphatic rings. The molecule has 3 heteroatoms. The van der Waals surface area contributed by atoms with Crippen LogP contribution in [-0.4, -0.2) is 35.5 Å². The number of nitrogens with zero attached hydrogens (tertiary/aromatic N) is 1. The van der Waals surface area contributed by atoms with Gasteiger partial charge in [-0.1, -0.05) is 32.1 Å². The van der Waals surface area contributed by atoms with Crippen molar-refractivity contribution in [2.75, 3.05) is 6.54 Å². The molecular weight excluding hydrogens is 224 g/mol. The highest BCUT2D eigenvalue weighted by Crippen LogP contribution is 2.27. The molecule has 18 heavy (non-hydrogen) atoms. The van der Waals surface area contributed by atoms with E-state index in [1.165, 1.54) is 57.8 Å². The summed E-state index contributed by atoms with van der Waals surface area (Å²) in [6.07, 6.45) is 12.8. The Kier molecular flexibility index (Phi) is 3.88. The second kappa shape index (κ2) is 5.60. The van der Waals surface area contributed by atoms with Crippen LogP contribution >= 0.6 is 0 Å². The Balaban J connectivity index is 1.55. The summed E-state index contributed by atoms with van der Waals surface area (Å²) in [7, 11) is 0. The van der Waals surface area contributed by atoms with Crippen LogP contribution in [0.5, 0.6) is 0 Å². The lowest BCUT2D eigenvalue weighted by Gasteiger charge is -2.29. The van der Waals surface area contributed by atoms with Crippen molar-refractivity contribution in [1.82, 2.24) is 10.2 Å². The van der Waals surface area contributed by atoms with Gasteiger partial charge in [0.25, 0.3) is 0 Å². The highest BCUT2D eigenvalue weighted by atomic mass is 16.2. The number of rotatable bonds is 3. The molecule has 2 aliphatic carbocycles. The summed E-state index contributed by atoms with van der Waals surface area (Å²) in [6, 6.07) is 1.34. The molecule has 3 nitrogen and oxygen atoms in total. The van der Waals surface area contributed by atoms with Crippen molar-refractivity contribution in [3.05, 3.63) is 0 Å². The molecule has 1 saturated heterocycles. The van der Waals surface area contributed by atoms with E-state index in [2.05, 4.69) is 10.2 Å². The lowest BCUT2D eigenvalue weighted by molar-refractivity contribution is -0.131. The molecular formula is C15H26N2O. The van der Waals surface area contributed by atoms with Crippen molar-refractivity contribution >= 4 is 5.91 Å². The fourth-order valence-electron chi connectivity index (χ4n) is 3.50. The summed E-state index contributed by atoms with van der Waals surface area (Å²) in [4.78, 5) is 14.6. The van der Waals surface area contributed by atoms with E-state index in [9.17, 15) is 4.79 Å². The highest BCUT2D eigenvalue weighted by molar-refractivity contribution is 5.84. The van der Waals surface area contributed by atoms with E-state index in [1.807, 2.05) is 0 Å². The SMILES string of the molecule is O=C1C(NC2CC2)CCN1C1CCCCCCC1. The molecule has 0 aromatic rings. The quantitative estimate of drug-likeness (QED) is 0.834. The molecule has 1 aliphatic heterocycles. The molecule has 0 bridgehead atoms. The molecule has 1 unspecified atom stereocenters. The maximum atomic E-state index is 12.4. The smallest absolute Gasteiger partial charge is 0.240 e. The summed E-state index contributed by atoms with van der Waals surface area (Å²) in [5, 5.41) is 3.51. The van der Waals surface area contributed by atoms with Gasteiger partial charge in [-0.05, 0) is 32.1 Å². The van der Waals surface area contributed by atoms with Crippen LogP contribution in [-0.2, 0) is 4.79 Å². The van der Waals surface area contributed by atoms with Gasteiger partial charge in [0.2, 0.25) is 5.91 Å². The minimum atomic E-state index is 0.142. The zero-order chi connectivity index (χ0) is 12.4. The Morgan fingerprint density at radius 1 is 0.889 bits per heavy atom. The third-order valence-electron chi connectivity index (χ3n) is 4.77. The van der Waals surface area contributed by atoms with Gasteiger partial charge >= 0.3 is 0 Å². The van der Waals surface area contributed by atoms with Crippen molar-refractivity contribution in [3.63, 3.8) is 0 Å². The third-order valence-corrected chi connectivity index (χ3v) is 4.77. The van der Waals surface area contributed by atoms with Gasteiger partial charge in [-0.2, -0.15) is 0 Å². The predicted molar refractivity (Wildman–Crippen MR) is 72.4 cm³/mol. The van der Waals surface area contributed by atoms with E-state index in [4.69, 9.17) is 0 Å². The molecule has 0 spiro atoms. The maximum Gasteiger partial charge on any atom is 0.240 e. The number of likely N-dealkylation sites (tertiary alicyclic amines) is 1. The second-order valence-corrected chi connectivity index (χ2v) is 6.31. The van der Waals surface area contributed by atoms with Gasteiger partial charge in [-0.25, -0.2) is 0 Å². The average molecular weight is 250 g/mol. The normalized spacial score (nSPS) is 31.4. The van der Waals surface area contributed by atoms with E-state index in [1.54, 1.807) is 0 Å². The number of hydrogen-bond acceptors (Lipinski definition) is 2. The molecule has 102 valence electrons. The van der Waals surface area contributed by atoms with E-state index < -0.39 is 0 Å². The van der Waals surface area contributed by atoms with Crippen molar-refractivity contribution < 1.29 is 4.79 Å². The van der Waals surface area contributed by atoms with Crippen LogP contribution in [0.25, 0.3) is 0 Å². The van der Waals surface area contributed by atoms with Crippen LogP contribution in [0.1, 0.15) is 64.2 Å². The van der Waals surface area contributed by atoms with E-state index in [0.717, 1.165) is 13.0 Å². The molecule has 1 atom stereocenters. The Morgan fingerprint density at radius 3 is 2.22 bits per heavy atom. The molecule has 2 saturated carbocycles. The summed E-state index contributed by atoms with van der Waals surface area (Å²) in [5.74, 6) is 0.396. The zero-order valence-corrected chi connectivity index (χ0v) is 11.4. The first kappa shape index (κ1) is 12.5. The topological polar surface area (TPSA) is 32.3 Å². The van der Waals surface area contributed by atoms with Crippen LogP contribution in [0.2, 0.25) is 0 Å². The number of carbonyl (C=O) groups excluding carboxylic acids is 1. The van der Waals surface area contributed by atoms with E-state index in [0.29, 0.717) is 18.0 Å². The lowest BCUT2D eigenvalue weighted by Crippen LogP contribution is -2.43. The summed E-state index contributed by atoms with van der Waals surface area (Å²) in [6.45, 7) is 0.994. The second-order valence-electron chi connectivity index (χ2n) is 6.31. The largest absolute Gasteiger partial charge is 0.338 e. The monoisotopic (exact) mass is 250 g/mol. The Hall–Kier alpha value is -0.570. The van der Waals surface area contributed by atoms with Crippen LogP contribution in [0.4, 0.5) is 0 Å². The molecule has 0 aromatic carbocycles. The maximum absolute atomic E-state index is 12.4. The fourth-order valence-corrected chi connectivity index (χ4v) is 3.50. The third kappa shape index (κ3) is 2.87. The number of nitrogens with one attached hydrogen (secondary N) is 1. The first-order valence-corrected chi connectivity index (χ1v) is 7.91. The molecule has 3 rings (SSSR count). The van der Waals surface area contributed by atoms with Gasteiger partial charge in [-0.15, -0.1) is 0 Å². The average Bonchev–Trinajstić information content (AvgIpc) is 3.06. The first-order valence-electron chi connectivity index (χ1n) is 7.91. The minimum absolute atomic E-state index is 0.142. The van der Waals surface area contributed by atoms with Crippen LogP contribution in [0.15, 0.2) is 0 Å². The van der Waals surface area contributed by atoms with Gasteiger partial charge in [0, 0.05) is 18.6 Å². The first-order chi connectivity index (χ1) is 8.84. The van der Waals surface area contributed by atoms with Crippen molar-refractivity contribution in [1.29, 1.82) is 0 Å². The Morgan fingerprint density at radius 2 is 1.56 bits per heavy atom. The van der Waals surface area contributed by atoms with E-state index >= 15 is 0 Å².